The van der Waals surface area contributed by atoms with E-state index in [1.807, 2.05) is 11.5 Å². The van der Waals surface area contributed by atoms with Gasteiger partial charge in [0.15, 0.2) is 5.16 Å². The van der Waals surface area contributed by atoms with E-state index in [4.69, 9.17) is 21.5 Å². The summed E-state index contributed by atoms with van der Waals surface area (Å²) in [6, 6.07) is 9.51. The number of thioether (sulfide) groups is 1. The number of anilines is 1. The van der Waals surface area contributed by atoms with Gasteiger partial charge < -0.3 is 14.6 Å². The van der Waals surface area contributed by atoms with Gasteiger partial charge in [-0.25, -0.2) is 18.5 Å². The van der Waals surface area contributed by atoms with Gasteiger partial charge in [0.2, 0.25) is 15.9 Å². The molecule has 0 unspecified atom stereocenters. The van der Waals surface area contributed by atoms with Gasteiger partial charge in [-0.05, 0) is 50.2 Å². The number of aromatic nitrogens is 2. The van der Waals surface area contributed by atoms with Crippen molar-refractivity contribution in [1.29, 1.82) is 0 Å². The smallest absolute Gasteiger partial charge is 0.238 e. The topological polar surface area (TPSA) is 116 Å². The number of nitrogens with two attached hydrogens (primary N) is 1. The third-order valence-electron chi connectivity index (χ3n) is 4.40. The van der Waals surface area contributed by atoms with Crippen LogP contribution in [-0.4, -0.2) is 36.2 Å². The van der Waals surface area contributed by atoms with Crippen LogP contribution in [0.1, 0.15) is 13.8 Å². The molecule has 0 saturated carbocycles. The van der Waals surface area contributed by atoms with Gasteiger partial charge in [-0.1, -0.05) is 23.4 Å². The van der Waals surface area contributed by atoms with E-state index in [2.05, 4.69) is 10.3 Å². The van der Waals surface area contributed by atoms with Crippen LogP contribution in [0.3, 0.4) is 0 Å². The summed E-state index contributed by atoms with van der Waals surface area (Å²) in [5.74, 6) is 0.252. The normalized spacial score (nSPS) is 12.7. The van der Waals surface area contributed by atoms with E-state index in [1.165, 1.54) is 31.0 Å². The van der Waals surface area contributed by atoms with Gasteiger partial charge in [-0.15, -0.1) is 0 Å². The van der Waals surface area contributed by atoms with Crippen LogP contribution in [0.2, 0.25) is 5.02 Å². The number of nitrogens with zero attached hydrogens (tertiary/aromatic N) is 2. The summed E-state index contributed by atoms with van der Waals surface area (Å²) in [6.07, 6.45) is 0. The lowest BCUT2D eigenvalue weighted by Gasteiger charge is -2.14. The number of halogens is 1. The predicted octanol–water partition coefficient (Wildman–Crippen LogP) is 3.48. The summed E-state index contributed by atoms with van der Waals surface area (Å²) in [5.41, 5.74) is 1.73. The lowest BCUT2D eigenvalue weighted by molar-refractivity contribution is -0.115. The number of primary sulfonamides is 1. The Balaban J connectivity index is 1.86. The highest BCUT2D eigenvalue weighted by atomic mass is 35.5. The Kier molecular flexibility index (Phi) is 6.61. The number of nitrogens with one attached hydrogen (secondary N) is 1. The van der Waals surface area contributed by atoms with Crippen LogP contribution in [0.15, 0.2) is 46.5 Å². The summed E-state index contributed by atoms with van der Waals surface area (Å²) >= 11 is 7.28. The summed E-state index contributed by atoms with van der Waals surface area (Å²) in [6.45, 7) is 4.30. The van der Waals surface area contributed by atoms with Gasteiger partial charge in [0.25, 0.3) is 0 Å². The van der Waals surface area contributed by atoms with Gasteiger partial charge in [-0.3, -0.25) is 4.79 Å². The molecule has 30 heavy (non-hydrogen) atoms. The molecule has 3 rings (SSSR count). The van der Waals surface area contributed by atoms with Gasteiger partial charge in [0.05, 0.1) is 34.0 Å². The predicted molar refractivity (Wildman–Crippen MR) is 119 cm³/mol. The number of rotatable bonds is 7. The van der Waals surface area contributed by atoms with E-state index in [1.54, 1.807) is 31.2 Å². The minimum Gasteiger partial charge on any atom is -0.495 e. The van der Waals surface area contributed by atoms with Crippen molar-refractivity contribution in [2.24, 2.45) is 5.14 Å². The van der Waals surface area contributed by atoms with Gasteiger partial charge in [0.1, 0.15) is 5.75 Å². The van der Waals surface area contributed by atoms with Gasteiger partial charge in [-0.2, -0.15) is 0 Å². The fourth-order valence-corrected chi connectivity index (χ4v) is 4.58. The molecule has 1 amide bonds. The van der Waals surface area contributed by atoms with Crippen molar-refractivity contribution < 1.29 is 17.9 Å². The van der Waals surface area contributed by atoms with E-state index >= 15 is 0 Å². The number of methoxy groups -OCH3 is 1. The van der Waals surface area contributed by atoms with Crippen LogP contribution >= 0.6 is 23.4 Å². The number of aryl methyl sites for hydroxylation is 1. The van der Waals surface area contributed by atoms with Gasteiger partial charge in [0, 0.05) is 11.6 Å². The standard InChI is InChI=1S/C19H21ClN4O4S2/c1-4-24-16-7-6-13(30(21,26)27)10-14(16)23-19(24)29-11(2)18(25)22-15-9-12(20)5-8-17(15)28-3/h5-11H,4H2,1-3H3,(H,22,25)(H2,21,26,27)/t11-/m1/s1. The number of benzene rings is 2. The molecule has 0 bridgehead atoms. The molecule has 1 heterocycles. The molecule has 160 valence electrons. The number of amides is 1. The fourth-order valence-electron chi connectivity index (χ4n) is 2.88. The number of hydrogen-bond donors (Lipinski definition) is 2. The Hall–Kier alpha value is -2.27. The number of ether oxygens (including phenoxy) is 1. The third kappa shape index (κ3) is 4.72. The summed E-state index contributed by atoms with van der Waals surface area (Å²) in [5, 5.41) is 8.62. The second kappa shape index (κ2) is 8.84. The maximum absolute atomic E-state index is 12.7. The van der Waals surface area contributed by atoms with Crippen LogP contribution < -0.4 is 15.2 Å². The van der Waals surface area contributed by atoms with Gasteiger partial charge >= 0.3 is 0 Å². The second-order valence-electron chi connectivity index (χ2n) is 6.43. The van der Waals surface area contributed by atoms with E-state index in [9.17, 15) is 13.2 Å². The Morgan fingerprint density at radius 2 is 2.07 bits per heavy atom. The van der Waals surface area contributed by atoms with Crippen LogP contribution in [0.4, 0.5) is 5.69 Å². The van der Waals surface area contributed by atoms with Crippen molar-refractivity contribution >= 4 is 56.0 Å². The van der Waals surface area contributed by atoms with Crippen molar-refractivity contribution in [2.45, 2.75) is 35.7 Å². The zero-order valence-electron chi connectivity index (χ0n) is 16.5. The number of carbonyl (C=O) groups is 1. The molecular formula is C19H21ClN4O4S2. The molecule has 3 N–H and O–H groups in total. The lowest BCUT2D eigenvalue weighted by Crippen LogP contribution is -2.23. The molecule has 3 aromatic rings. The maximum Gasteiger partial charge on any atom is 0.238 e. The van der Waals surface area contributed by atoms with Crippen LogP contribution in [0.5, 0.6) is 5.75 Å². The molecule has 0 aliphatic rings. The molecule has 11 heteroatoms. The van der Waals surface area contributed by atoms with Crippen molar-refractivity contribution in [1.82, 2.24) is 9.55 Å². The summed E-state index contributed by atoms with van der Waals surface area (Å²) in [4.78, 5) is 17.2. The lowest BCUT2D eigenvalue weighted by atomic mass is 10.3. The second-order valence-corrected chi connectivity index (χ2v) is 9.73. The van der Waals surface area contributed by atoms with Crippen molar-refractivity contribution in [3.8, 4) is 5.75 Å². The molecule has 0 saturated heterocycles. The van der Waals surface area contributed by atoms with Crippen LogP contribution in [-0.2, 0) is 21.4 Å². The average Bonchev–Trinajstić information content (AvgIpc) is 3.03. The highest BCUT2D eigenvalue weighted by molar-refractivity contribution is 8.00. The molecular weight excluding hydrogens is 448 g/mol. The number of carbonyl (C=O) groups excluding carboxylic acids is 1. The van der Waals surface area contributed by atoms with Crippen LogP contribution in [0.25, 0.3) is 11.0 Å². The molecule has 2 aromatic carbocycles. The number of sulfonamides is 1. The molecule has 0 aliphatic carbocycles. The van der Waals surface area contributed by atoms with E-state index in [0.717, 1.165) is 5.52 Å². The molecule has 8 nitrogen and oxygen atoms in total. The monoisotopic (exact) mass is 468 g/mol. The summed E-state index contributed by atoms with van der Waals surface area (Å²) < 4.78 is 30.4. The summed E-state index contributed by atoms with van der Waals surface area (Å²) in [7, 11) is -2.32. The van der Waals surface area contributed by atoms with Crippen molar-refractivity contribution in [2.75, 3.05) is 12.4 Å². The highest BCUT2D eigenvalue weighted by Gasteiger charge is 2.21. The van der Waals surface area contributed by atoms with Crippen molar-refractivity contribution in [3.63, 3.8) is 0 Å². The minimum absolute atomic E-state index is 0.00820. The van der Waals surface area contributed by atoms with E-state index < -0.39 is 15.3 Å². The van der Waals surface area contributed by atoms with Crippen molar-refractivity contribution in [3.05, 3.63) is 41.4 Å². The Morgan fingerprint density at radius 3 is 2.70 bits per heavy atom. The minimum atomic E-state index is -3.83. The molecule has 0 spiro atoms. The molecule has 0 fully saturated rings. The highest BCUT2D eigenvalue weighted by Crippen LogP contribution is 2.31. The first kappa shape index (κ1) is 22.4. The molecule has 1 aromatic heterocycles. The third-order valence-corrected chi connectivity index (χ3v) is 6.64. The quantitative estimate of drug-likeness (QED) is 0.513. The zero-order valence-corrected chi connectivity index (χ0v) is 18.9. The first-order chi connectivity index (χ1) is 14.1. The number of fused-ring (bicyclic) bond motifs is 1. The number of imidazole rings is 1. The molecule has 0 aliphatic heterocycles. The maximum atomic E-state index is 12.7. The largest absolute Gasteiger partial charge is 0.495 e. The molecule has 0 radical (unpaired) electrons. The number of hydrogen-bond acceptors (Lipinski definition) is 6. The van der Waals surface area contributed by atoms with E-state index in [0.29, 0.717) is 33.7 Å². The first-order valence-electron chi connectivity index (χ1n) is 8.98. The Labute approximate surface area is 183 Å². The SMILES string of the molecule is CCn1c(S[C@H](C)C(=O)Nc2cc(Cl)ccc2OC)nc2cc(S(N)(=O)=O)ccc21. The Morgan fingerprint density at radius 1 is 1.33 bits per heavy atom. The first-order valence-corrected chi connectivity index (χ1v) is 11.8. The fraction of sp³-hybridized carbons (Fsp3) is 0.263. The van der Waals surface area contributed by atoms with E-state index in [-0.39, 0.29) is 10.8 Å². The Bertz CT molecular complexity index is 1210. The average molecular weight is 469 g/mol. The molecule has 1 atom stereocenters. The zero-order chi connectivity index (χ0) is 22.1. The van der Waals surface area contributed by atoms with Crippen LogP contribution in [0, 0.1) is 0 Å².